The third-order valence-corrected chi connectivity index (χ3v) is 5.21. The van der Waals surface area contributed by atoms with E-state index in [4.69, 9.17) is 9.47 Å². The summed E-state index contributed by atoms with van der Waals surface area (Å²) in [6.45, 7) is 0. The fourth-order valence-corrected chi connectivity index (χ4v) is 3.09. The van der Waals surface area contributed by atoms with Crippen molar-refractivity contribution < 1.29 is 57.9 Å². The van der Waals surface area contributed by atoms with E-state index in [1.807, 2.05) is 0 Å². The van der Waals surface area contributed by atoms with Crippen molar-refractivity contribution in [1.29, 1.82) is 0 Å². The van der Waals surface area contributed by atoms with Crippen molar-refractivity contribution in [3.8, 4) is 23.0 Å². The minimum atomic E-state index is -0.590. The molecule has 13 heteroatoms. The summed E-state index contributed by atoms with van der Waals surface area (Å²) in [5.41, 5.74) is 1.83. The summed E-state index contributed by atoms with van der Waals surface area (Å²) in [4.78, 5) is 0. The first-order valence-corrected chi connectivity index (χ1v) is 11.8. The molecule has 229 valence electrons. The summed E-state index contributed by atoms with van der Waals surface area (Å²) in [5, 5.41) is 56.9. The number of para-hydroxylation sites is 2. The fraction of sp³-hybridized carbons (Fsp3) is 0.0667. The number of hydrogen-bond acceptors (Lipinski definition) is 10. The Morgan fingerprint density at radius 1 is 0.581 bits per heavy atom. The van der Waals surface area contributed by atoms with Crippen molar-refractivity contribution in [2.45, 2.75) is 0 Å². The Hall–Kier alpha value is -5.20. The fourth-order valence-electron chi connectivity index (χ4n) is 3.09. The van der Waals surface area contributed by atoms with Crippen LogP contribution >= 0.6 is 0 Å². The minimum absolute atomic E-state index is 0. The van der Waals surface area contributed by atoms with E-state index >= 15 is 0 Å². The van der Waals surface area contributed by atoms with E-state index in [2.05, 4.69) is 20.4 Å². The van der Waals surface area contributed by atoms with Crippen LogP contribution in [-0.2, 0) is 28.0 Å². The molecule has 0 atom stereocenters. The zero-order valence-corrected chi connectivity index (χ0v) is 24.1. The molecule has 0 saturated carbocycles. The molecule has 43 heavy (non-hydrogen) atoms. The molecule has 8 N–H and O–H groups in total. The Bertz CT molecular complexity index is 1390. The van der Waals surface area contributed by atoms with Crippen molar-refractivity contribution in [2.75, 3.05) is 14.2 Å². The molecule has 0 heterocycles. The van der Waals surface area contributed by atoms with Crippen LogP contribution < -0.4 is 19.7 Å². The summed E-state index contributed by atoms with van der Waals surface area (Å²) in [7, 11) is 3.17. The zero-order chi connectivity index (χ0) is 28.7. The number of phenols is 2. The smallest absolute Gasteiger partial charge is 0.857 e. The average molecular weight is 640 g/mol. The molecule has 4 rings (SSSR count). The molecular formula is C30H32CuN4O8+2. The van der Waals surface area contributed by atoms with Gasteiger partial charge in [0, 0.05) is 22.9 Å². The number of nitrogens with zero attached hydrogens (tertiary/aromatic N) is 4. The molecule has 0 aliphatic carbocycles. The van der Waals surface area contributed by atoms with Crippen molar-refractivity contribution in [2.24, 2.45) is 20.4 Å². The van der Waals surface area contributed by atoms with E-state index in [1.54, 1.807) is 87.0 Å². The molecule has 0 aromatic heterocycles. The predicted octanol–water partition coefficient (Wildman–Crippen LogP) is 1.24. The van der Waals surface area contributed by atoms with Gasteiger partial charge >= 0.3 is 17.1 Å². The molecule has 4 aromatic rings. The Balaban J connectivity index is 0.000000767. The van der Waals surface area contributed by atoms with E-state index in [1.165, 1.54) is 36.7 Å². The largest absolute Gasteiger partial charge is 2.00 e. The van der Waals surface area contributed by atoms with Gasteiger partial charge in [0.1, 0.15) is 23.0 Å². The van der Waals surface area contributed by atoms with E-state index in [-0.39, 0.29) is 50.6 Å². The number of hydrogen-bond donors (Lipinski definition) is 2. The number of methoxy groups -OCH3 is 2. The quantitative estimate of drug-likeness (QED) is 0.0948. The van der Waals surface area contributed by atoms with Crippen LogP contribution in [0.15, 0.2) is 117 Å². The van der Waals surface area contributed by atoms with Crippen LogP contribution in [0, 0.1) is 0 Å². The maximum absolute atomic E-state index is 11.7. The normalized spacial score (nSPS) is 10.9. The number of benzene rings is 4. The van der Waals surface area contributed by atoms with Gasteiger partial charge in [0.15, 0.2) is 0 Å². The summed E-state index contributed by atoms with van der Waals surface area (Å²) in [6.07, 6.45) is 2.91. The molecular weight excluding hydrogens is 608 g/mol. The summed E-state index contributed by atoms with van der Waals surface area (Å²) < 4.78 is 10.1. The van der Waals surface area contributed by atoms with Gasteiger partial charge in [-0.25, -0.2) is 0 Å². The predicted molar refractivity (Wildman–Crippen MR) is 160 cm³/mol. The number of phenolic OH excluding ortho intramolecular Hbond substituents is 2. The first kappa shape index (κ1) is 37.8. The second-order valence-electron chi connectivity index (χ2n) is 7.88. The van der Waals surface area contributed by atoms with Gasteiger partial charge in [-0.05, 0) is 71.8 Å². The summed E-state index contributed by atoms with van der Waals surface area (Å²) in [6, 6.07) is 26.7. The molecule has 4 aromatic carbocycles. The minimum Gasteiger partial charge on any atom is -0.857 e. The SMILES string of the molecule is COc1ccc(/C=N\N=C(/[O-])c2ccccc2O)cc1.COc1ccc(/C=N\N=C(/[O-])c2ccccc2O)cc1.[Cu+2].[OH3+].[OH3+]. The van der Waals surface area contributed by atoms with Crippen molar-refractivity contribution in [1.82, 2.24) is 0 Å². The Labute approximate surface area is 258 Å². The second-order valence-corrected chi connectivity index (χ2v) is 7.88. The molecule has 0 amide bonds. The molecule has 0 fully saturated rings. The van der Waals surface area contributed by atoms with Crippen LogP contribution in [0.3, 0.4) is 0 Å². The van der Waals surface area contributed by atoms with Crippen LogP contribution in [0.2, 0.25) is 0 Å². The standard InChI is InChI=1S/2C15H14N2O3.Cu.2H2O/c2*1-20-12-8-6-11(7-9-12)10-16-17-15(19)13-4-2-3-5-14(13)18;;;/h2*2-10,18H,1H3,(H,17,19);;2*1H2/q;;+2;;/b2*16-10-;;;. The van der Waals surface area contributed by atoms with E-state index in [0.29, 0.717) is 0 Å². The Morgan fingerprint density at radius 3 is 1.21 bits per heavy atom. The van der Waals surface area contributed by atoms with Crippen molar-refractivity contribution in [3.05, 3.63) is 119 Å². The molecule has 0 spiro atoms. The van der Waals surface area contributed by atoms with Crippen molar-refractivity contribution >= 4 is 24.2 Å². The van der Waals surface area contributed by atoms with E-state index in [0.717, 1.165) is 22.6 Å². The van der Waals surface area contributed by atoms with Crippen LogP contribution in [0.5, 0.6) is 23.0 Å². The van der Waals surface area contributed by atoms with Gasteiger partial charge < -0.3 is 40.9 Å². The maximum atomic E-state index is 11.7. The van der Waals surface area contributed by atoms with Gasteiger partial charge in [-0.3, -0.25) is 0 Å². The van der Waals surface area contributed by atoms with Crippen LogP contribution in [0.4, 0.5) is 0 Å². The summed E-state index contributed by atoms with van der Waals surface area (Å²) in [5.74, 6) is 0.0799. The Kier molecular flexibility index (Phi) is 17.4. The van der Waals surface area contributed by atoms with Crippen LogP contribution in [0.25, 0.3) is 0 Å². The zero-order valence-electron chi connectivity index (χ0n) is 23.2. The van der Waals surface area contributed by atoms with Crippen LogP contribution in [0.1, 0.15) is 22.3 Å². The van der Waals surface area contributed by atoms with Gasteiger partial charge in [-0.2, -0.15) is 20.4 Å². The van der Waals surface area contributed by atoms with E-state index in [9.17, 15) is 20.4 Å². The molecule has 0 bridgehead atoms. The second kappa shape index (κ2) is 19.8. The first-order chi connectivity index (χ1) is 19.4. The molecule has 1 radical (unpaired) electrons. The average Bonchev–Trinajstić information content (AvgIpc) is 2.98. The monoisotopic (exact) mass is 639 g/mol. The van der Waals surface area contributed by atoms with Gasteiger partial charge in [-0.15, -0.1) is 0 Å². The topological polar surface area (TPSA) is 220 Å². The van der Waals surface area contributed by atoms with Crippen molar-refractivity contribution in [3.63, 3.8) is 0 Å². The third-order valence-electron chi connectivity index (χ3n) is 5.21. The summed E-state index contributed by atoms with van der Waals surface area (Å²) >= 11 is 0. The Morgan fingerprint density at radius 2 is 0.907 bits per heavy atom. The van der Waals surface area contributed by atoms with Gasteiger partial charge in [0.25, 0.3) is 0 Å². The number of ether oxygens (including phenoxy) is 2. The van der Waals surface area contributed by atoms with Gasteiger partial charge in [-0.1, -0.05) is 36.4 Å². The van der Waals surface area contributed by atoms with Gasteiger partial charge in [0.2, 0.25) is 0 Å². The molecule has 0 saturated heterocycles. The molecule has 0 unspecified atom stereocenters. The third kappa shape index (κ3) is 12.1. The van der Waals surface area contributed by atoms with Gasteiger partial charge in [0.05, 0.1) is 26.6 Å². The van der Waals surface area contributed by atoms with E-state index < -0.39 is 11.8 Å². The molecule has 0 aliphatic rings. The number of aromatic hydroxyl groups is 2. The van der Waals surface area contributed by atoms with Crippen LogP contribution in [-0.4, -0.2) is 48.7 Å². The first-order valence-electron chi connectivity index (χ1n) is 11.8. The maximum Gasteiger partial charge on any atom is 2.00 e. The molecule has 12 nitrogen and oxygen atoms in total. The number of rotatable bonds is 8. The molecule has 0 aliphatic heterocycles.